The molecule has 8 nitrogen and oxygen atoms in total. The number of halogens is 1. The molecular formula is C25H25ClN6O2S. The predicted octanol–water partition coefficient (Wildman–Crippen LogP) is 3.29. The van der Waals surface area contributed by atoms with E-state index >= 15 is 0 Å². The number of carbonyl (C=O) groups is 1. The van der Waals surface area contributed by atoms with Crippen LogP contribution in [0.5, 0.6) is 0 Å². The van der Waals surface area contributed by atoms with Crippen molar-refractivity contribution in [2.75, 3.05) is 32.0 Å². The molecule has 1 aromatic carbocycles. The molecule has 3 aromatic rings. The van der Waals surface area contributed by atoms with Crippen LogP contribution in [0.2, 0.25) is 5.02 Å². The summed E-state index contributed by atoms with van der Waals surface area (Å²) >= 11 is 8.47. The third-order valence-corrected chi connectivity index (χ3v) is 9.17. The highest BCUT2D eigenvalue weighted by molar-refractivity contribution is 7.15. The van der Waals surface area contributed by atoms with Gasteiger partial charge in [-0.2, -0.15) is 0 Å². The van der Waals surface area contributed by atoms with Crippen molar-refractivity contribution in [2.24, 2.45) is 10.9 Å². The van der Waals surface area contributed by atoms with Crippen LogP contribution in [-0.4, -0.2) is 57.6 Å². The van der Waals surface area contributed by atoms with Gasteiger partial charge in [-0.05, 0) is 56.4 Å². The molecule has 1 saturated heterocycles. The molecular weight excluding hydrogens is 484 g/mol. The number of anilines is 1. The van der Waals surface area contributed by atoms with E-state index in [1.54, 1.807) is 11.3 Å². The van der Waals surface area contributed by atoms with Crippen molar-refractivity contribution in [3.8, 4) is 5.00 Å². The van der Waals surface area contributed by atoms with Gasteiger partial charge in [-0.1, -0.05) is 11.6 Å². The number of ether oxygens (including phenoxy) is 1. The van der Waals surface area contributed by atoms with Crippen molar-refractivity contribution >= 4 is 40.2 Å². The Labute approximate surface area is 211 Å². The minimum absolute atomic E-state index is 0.0585. The van der Waals surface area contributed by atoms with Gasteiger partial charge in [-0.15, -0.1) is 21.5 Å². The van der Waals surface area contributed by atoms with Gasteiger partial charge in [0.25, 0.3) is 0 Å². The first-order valence-electron chi connectivity index (χ1n) is 12.0. The van der Waals surface area contributed by atoms with E-state index in [2.05, 4.69) is 14.8 Å². The summed E-state index contributed by atoms with van der Waals surface area (Å²) in [6, 6.07) is 5.56. The molecule has 4 aliphatic rings. The maximum Gasteiger partial charge on any atom is 0.226 e. The molecule has 1 atom stereocenters. The number of thiophene rings is 1. The van der Waals surface area contributed by atoms with Gasteiger partial charge in [0.05, 0.1) is 23.9 Å². The lowest BCUT2D eigenvalue weighted by Gasteiger charge is -2.29. The monoisotopic (exact) mass is 508 g/mol. The van der Waals surface area contributed by atoms with Crippen molar-refractivity contribution < 1.29 is 9.53 Å². The van der Waals surface area contributed by atoms with E-state index in [0.717, 1.165) is 52.8 Å². The highest BCUT2D eigenvalue weighted by Gasteiger charge is 2.52. The Bertz CT molecular complexity index is 1420. The molecule has 2 aliphatic carbocycles. The summed E-state index contributed by atoms with van der Waals surface area (Å²) in [5, 5.41) is 10.7. The molecule has 1 saturated carbocycles. The van der Waals surface area contributed by atoms with Gasteiger partial charge in [0.15, 0.2) is 5.82 Å². The number of rotatable bonds is 2. The Balaban J connectivity index is 1.39. The molecule has 2 N–H and O–H groups in total. The highest BCUT2D eigenvalue weighted by Crippen LogP contribution is 2.54. The first-order chi connectivity index (χ1) is 16.9. The molecule has 180 valence electrons. The lowest BCUT2D eigenvalue weighted by atomic mass is 9.96. The van der Waals surface area contributed by atoms with Crippen molar-refractivity contribution in [3.05, 3.63) is 56.4 Å². The minimum Gasteiger partial charge on any atom is -0.399 e. The van der Waals surface area contributed by atoms with Crippen LogP contribution >= 0.6 is 22.9 Å². The molecule has 2 aromatic heterocycles. The Morgan fingerprint density at radius 1 is 1.23 bits per heavy atom. The molecule has 1 spiro atoms. The minimum atomic E-state index is -0.391. The molecule has 2 fully saturated rings. The third-order valence-electron chi connectivity index (χ3n) is 7.60. The number of aryl methyl sites for hydroxylation is 1. The molecule has 2 aliphatic heterocycles. The van der Waals surface area contributed by atoms with Crippen molar-refractivity contribution in [2.45, 2.75) is 38.1 Å². The summed E-state index contributed by atoms with van der Waals surface area (Å²) in [4.78, 5) is 21.9. The second-order valence-electron chi connectivity index (χ2n) is 9.86. The molecule has 4 heterocycles. The van der Waals surface area contributed by atoms with E-state index < -0.39 is 5.54 Å². The third kappa shape index (κ3) is 3.21. The van der Waals surface area contributed by atoms with Crippen molar-refractivity contribution in [3.63, 3.8) is 0 Å². The Morgan fingerprint density at radius 3 is 2.80 bits per heavy atom. The Hall–Kier alpha value is -2.75. The van der Waals surface area contributed by atoms with E-state index in [-0.39, 0.29) is 11.8 Å². The van der Waals surface area contributed by atoms with E-state index in [0.29, 0.717) is 43.4 Å². The number of hydrogen-bond acceptors (Lipinski definition) is 7. The fraction of sp³-hybridized carbons (Fsp3) is 0.440. The fourth-order valence-electron chi connectivity index (χ4n) is 5.64. The normalized spacial score (nSPS) is 21.8. The van der Waals surface area contributed by atoms with Gasteiger partial charge in [-0.3, -0.25) is 14.4 Å². The smallest absolute Gasteiger partial charge is 0.226 e. The fourth-order valence-corrected chi connectivity index (χ4v) is 7.30. The number of hydrogen-bond donors (Lipinski definition) is 1. The highest BCUT2D eigenvalue weighted by atomic mass is 35.5. The van der Waals surface area contributed by atoms with Gasteiger partial charge in [-0.25, -0.2) is 0 Å². The lowest BCUT2D eigenvalue weighted by molar-refractivity contribution is -0.139. The van der Waals surface area contributed by atoms with E-state index in [1.165, 1.54) is 10.4 Å². The largest absolute Gasteiger partial charge is 0.399 e. The van der Waals surface area contributed by atoms with E-state index in [1.807, 2.05) is 30.0 Å². The number of aliphatic imine (C=N–C) groups is 1. The van der Waals surface area contributed by atoms with Crippen LogP contribution in [0.25, 0.3) is 5.00 Å². The van der Waals surface area contributed by atoms with Crippen LogP contribution in [0.1, 0.15) is 46.1 Å². The topological polar surface area (TPSA) is 98.6 Å². The molecule has 35 heavy (non-hydrogen) atoms. The maximum absolute atomic E-state index is 13.4. The van der Waals surface area contributed by atoms with Crippen molar-refractivity contribution in [1.82, 2.24) is 19.7 Å². The lowest BCUT2D eigenvalue weighted by Crippen LogP contribution is -2.44. The Morgan fingerprint density at radius 2 is 2.03 bits per heavy atom. The molecule has 0 radical (unpaired) electrons. The van der Waals surface area contributed by atoms with E-state index in [4.69, 9.17) is 27.1 Å². The van der Waals surface area contributed by atoms with Crippen LogP contribution in [0.4, 0.5) is 5.69 Å². The zero-order chi connectivity index (χ0) is 23.9. The summed E-state index contributed by atoms with van der Waals surface area (Å²) < 4.78 is 7.63. The number of nitrogens with zero attached hydrogens (tertiary/aromatic N) is 5. The number of fused-ring (bicyclic) bond motifs is 6. The predicted molar refractivity (Wildman–Crippen MR) is 135 cm³/mol. The summed E-state index contributed by atoms with van der Waals surface area (Å²) in [7, 11) is 0. The van der Waals surface area contributed by atoms with Gasteiger partial charge in [0, 0.05) is 40.7 Å². The van der Waals surface area contributed by atoms with Crippen LogP contribution < -0.4 is 5.73 Å². The zero-order valence-corrected chi connectivity index (χ0v) is 21.0. The molecule has 1 amide bonds. The molecule has 10 heteroatoms. The van der Waals surface area contributed by atoms with Crippen LogP contribution in [0.3, 0.4) is 0 Å². The maximum atomic E-state index is 13.4. The molecule has 0 unspecified atom stereocenters. The standard InChI is InChI=1S/C25H25ClN6O2S/c1-13-29-30-24-25(4-5-25)28-21(16-12-15(27)2-3-18(16)26)20-17-10-14(11-19(17)35-23(20)32(13)24)22(33)31-6-8-34-9-7-31/h2-3,12,14H,4-11,27H2,1H3/t14-/m0/s1. The number of carbonyl (C=O) groups excluding carboxylic acids is 1. The number of nitrogens with two attached hydrogens (primary N) is 1. The summed E-state index contributed by atoms with van der Waals surface area (Å²) in [5.41, 5.74) is 10.4. The van der Waals surface area contributed by atoms with Gasteiger partial charge in [0.2, 0.25) is 5.91 Å². The summed E-state index contributed by atoms with van der Waals surface area (Å²) in [6.07, 6.45) is 3.27. The number of amides is 1. The number of benzene rings is 1. The van der Waals surface area contributed by atoms with Gasteiger partial charge in [0.1, 0.15) is 16.4 Å². The first-order valence-corrected chi connectivity index (χ1v) is 13.2. The second kappa shape index (κ2) is 7.62. The quantitative estimate of drug-likeness (QED) is 0.535. The van der Waals surface area contributed by atoms with Gasteiger partial charge < -0.3 is 15.4 Å². The van der Waals surface area contributed by atoms with Crippen LogP contribution in [0, 0.1) is 12.8 Å². The van der Waals surface area contributed by atoms with E-state index in [9.17, 15) is 4.79 Å². The number of nitrogen functional groups attached to an aromatic ring is 1. The number of morpholine rings is 1. The second-order valence-corrected chi connectivity index (χ2v) is 11.4. The molecule has 0 bridgehead atoms. The van der Waals surface area contributed by atoms with Gasteiger partial charge >= 0.3 is 0 Å². The SMILES string of the molecule is Cc1nnc2n1-c1sc3c(c1C(c1cc(N)ccc1Cl)=NC21CC1)C[C@H](C(=O)N1CCOCC1)C3. The Kier molecular flexibility index (Phi) is 4.69. The van der Waals surface area contributed by atoms with Crippen molar-refractivity contribution in [1.29, 1.82) is 0 Å². The zero-order valence-electron chi connectivity index (χ0n) is 19.4. The average Bonchev–Trinajstić information content (AvgIpc) is 3.20. The van der Waals surface area contributed by atoms with Crippen LogP contribution in [0.15, 0.2) is 23.2 Å². The first kappa shape index (κ1) is 21.5. The van der Waals surface area contributed by atoms with Crippen LogP contribution in [-0.2, 0) is 27.9 Å². The average molecular weight is 509 g/mol. The summed E-state index contributed by atoms with van der Waals surface area (Å²) in [5.74, 6) is 1.91. The number of aromatic nitrogens is 3. The molecule has 7 rings (SSSR count). The summed E-state index contributed by atoms with van der Waals surface area (Å²) in [6.45, 7) is 4.54.